The third kappa shape index (κ3) is 14.5. The molecule has 1 aliphatic heterocycles. The van der Waals surface area contributed by atoms with Crippen molar-refractivity contribution in [2.75, 3.05) is 60.4 Å². The van der Waals surface area contributed by atoms with Crippen molar-refractivity contribution in [2.45, 2.75) is 129 Å². The molecule has 3 N–H and O–H groups in total. The predicted molar refractivity (Wildman–Crippen MR) is 248 cm³/mol. The standard InChI is InChI=1S/C49H78N6O8/c1-14-33(6)44(54(11)48(59)42(31(2)3)51-47(58)43(32(4)5)53(10)28-26-35-22-24-37(25-23-35)52(8)9)40(62-12)30-41(56)55-27-18-21-39(55)45(63-13)34(7)46(57)50-38(49(60)61)29-36-19-16-15-17-20-36/h15-17,19-20,22-25,31-34,38-40,42-45H,14,18,21,26-30H2,1-13H3,(H,50,57)(H,51,58)(H,60,61)/t33-,34+,38-,39-,40+,42-,43?,44?,45+/m0/s1. The van der Waals surface area contributed by atoms with E-state index in [-0.39, 0.29) is 48.3 Å². The van der Waals surface area contributed by atoms with E-state index in [1.807, 2.05) is 93.0 Å². The van der Waals surface area contributed by atoms with E-state index in [4.69, 9.17) is 9.47 Å². The monoisotopic (exact) mass is 879 g/mol. The highest BCUT2D eigenvalue weighted by atomic mass is 16.5. The number of nitrogens with one attached hydrogen (secondary N) is 2. The highest BCUT2D eigenvalue weighted by Gasteiger charge is 2.43. The largest absolute Gasteiger partial charge is 0.480 e. The molecule has 0 spiro atoms. The maximum absolute atomic E-state index is 14.6. The maximum atomic E-state index is 14.6. The molecular formula is C49H78N6O8. The van der Waals surface area contributed by atoms with Gasteiger partial charge in [0.05, 0.1) is 42.7 Å². The Morgan fingerprint density at radius 3 is 1.98 bits per heavy atom. The van der Waals surface area contributed by atoms with E-state index in [0.717, 1.165) is 17.7 Å². The molecule has 3 rings (SSSR count). The molecular weight excluding hydrogens is 801 g/mol. The van der Waals surface area contributed by atoms with Gasteiger partial charge in [-0.1, -0.05) is 97.4 Å². The topological polar surface area (TPSA) is 161 Å². The molecule has 1 saturated heterocycles. The van der Waals surface area contributed by atoms with Gasteiger partial charge in [0.2, 0.25) is 23.6 Å². The fraction of sp³-hybridized carbons (Fsp3) is 0.653. The first-order valence-corrected chi connectivity index (χ1v) is 22.7. The Morgan fingerprint density at radius 1 is 0.825 bits per heavy atom. The lowest BCUT2D eigenvalue weighted by Crippen LogP contribution is -2.60. The van der Waals surface area contributed by atoms with Crippen molar-refractivity contribution in [3.63, 3.8) is 0 Å². The summed E-state index contributed by atoms with van der Waals surface area (Å²) in [6, 6.07) is 14.2. The third-order valence-electron chi connectivity index (χ3n) is 13.0. The van der Waals surface area contributed by atoms with Gasteiger partial charge in [-0.25, -0.2) is 4.79 Å². The normalized spacial score (nSPS) is 18.0. The molecule has 14 nitrogen and oxygen atoms in total. The smallest absolute Gasteiger partial charge is 0.326 e. The van der Waals surface area contributed by atoms with Crippen molar-refractivity contribution < 1.29 is 38.6 Å². The van der Waals surface area contributed by atoms with Crippen LogP contribution in [0.4, 0.5) is 5.69 Å². The van der Waals surface area contributed by atoms with Gasteiger partial charge < -0.3 is 39.9 Å². The zero-order valence-electron chi connectivity index (χ0n) is 40.3. The predicted octanol–water partition coefficient (Wildman–Crippen LogP) is 5.12. The highest BCUT2D eigenvalue weighted by Crippen LogP contribution is 2.30. The number of benzene rings is 2. The molecule has 0 saturated carbocycles. The lowest BCUT2D eigenvalue weighted by atomic mass is 9.89. The van der Waals surface area contributed by atoms with E-state index < -0.39 is 60.2 Å². The SMILES string of the molecule is CC[C@H](C)C([C@@H](CC(=O)N1CCC[C@H]1[C@H](OC)[C@@H](C)C(=O)N[C@@H](Cc1ccccc1)C(=O)O)OC)N(C)C(=O)[C@@H](NC(=O)C(C(C)C)N(C)CCc1ccc(N(C)C)cc1)C(C)C. The number of rotatable bonds is 25. The molecule has 1 aliphatic rings. The third-order valence-corrected chi connectivity index (χ3v) is 13.0. The van der Waals surface area contributed by atoms with E-state index in [1.54, 1.807) is 30.9 Å². The summed E-state index contributed by atoms with van der Waals surface area (Å²) in [5.41, 5.74) is 3.08. The number of methoxy groups -OCH3 is 2. The maximum Gasteiger partial charge on any atom is 0.326 e. The molecule has 2 unspecified atom stereocenters. The van der Waals surface area contributed by atoms with Crippen LogP contribution in [0, 0.1) is 23.7 Å². The lowest BCUT2D eigenvalue weighted by molar-refractivity contribution is -0.148. The zero-order valence-corrected chi connectivity index (χ0v) is 40.3. The minimum Gasteiger partial charge on any atom is -0.480 e. The van der Waals surface area contributed by atoms with Crippen molar-refractivity contribution in [3.8, 4) is 0 Å². The van der Waals surface area contributed by atoms with E-state index in [9.17, 15) is 29.1 Å². The lowest BCUT2D eigenvalue weighted by Gasteiger charge is -2.41. The van der Waals surface area contributed by atoms with Crippen molar-refractivity contribution in [1.29, 1.82) is 0 Å². The second kappa shape index (κ2) is 25.1. The summed E-state index contributed by atoms with van der Waals surface area (Å²) >= 11 is 0. The van der Waals surface area contributed by atoms with Crippen LogP contribution in [0.25, 0.3) is 0 Å². The molecule has 1 fully saturated rings. The Kier molecular flexibility index (Phi) is 21.0. The molecule has 0 radical (unpaired) electrons. The first kappa shape index (κ1) is 52.8. The first-order valence-electron chi connectivity index (χ1n) is 22.7. The number of aliphatic carboxylic acids is 1. The van der Waals surface area contributed by atoms with Crippen molar-refractivity contribution in [3.05, 3.63) is 65.7 Å². The van der Waals surface area contributed by atoms with Gasteiger partial charge in [0.1, 0.15) is 12.1 Å². The van der Waals surface area contributed by atoms with Gasteiger partial charge in [0.15, 0.2) is 0 Å². The molecule has 4 amide bonds. The zero-order chi connectivity index (χ0) is 47.1. The number of carboxylic acid groups (broad SMARTS) is 1. The number of likely N-dealkylation sites (N-methyl/N-ethyl adjacent to an activating group) is 2. The second-order valence-electron chi connectivity index (χ2n) is 18.4. The molecule has 0 bridgehead atoms. The number of carbonyl (C=O) groups excluding carboxylic acids is 4. The summed E-state index contributed by atoms with van der Waals surface area (Å²) in [6.45, 7) is 14.8. The Morgan fingerprint density at radius 2 is 1.46 bits per heavy atom. The van der Waals surface area contributed by atoms with Crippen LogP contribution >= 0.6 is 0 Å². The van der Waals surface area contributed by atoms with E-state index in [0.29, 0.717) is 32.4 Å². The number of carboxylic acids is 1. The van der Waals surface area contributed by atoms with Crippen LogP contribution in [-0.4, -0.2) is 147 Å². The van der Waals surface area contributed by atoms with Crippen LogP contribution in [0.3, 0.4) is 0 Å². The van der Waals surface area contributed by atoms with Gasteiger partial charge in [-0.05, 0) is 67.3 Å². The Labute approximate surface area is 377 Å². The van der Waals surface area contributed by atoms with Crippen LogP contribution < -0.4 is 15.5 Å². The van der Waals surface area contributed by atoms with Crippen molar-refractivity contribution in [2.24, 2.45) is 23.7 Å². The molecule has 0 aromatic heterocycles. The van der Waals surface area contributed by atoms with E-state index in [2.05, 4.69) is 44.7 Å². The van der Waals surface area contributed by atoms with Gasteiger partial charge in [-0.15, -0.1) is 0 Å². The Hall–Kier alpha value is -4.53. The fourth-order valence-corrected chi connectivity index (χ4v) is 9.05. The van der Waals surface area contributed by atoms with Crippen molar-refractivity contribution >= 4 is 35.3 Å². The van der Waals surface area contributed by atoms with Gasteiger partial charge in [-0.3, -0.25) is 24.1 Å². The number of anilines is 1. The summed E-state index contributed by atoms with van der Waals surface area (Å²) in [5.74, 6) is -3.34. The Balaban J connectivity index is 1.76. The molecule has 1 heterocycles. The molecule has 63 heavy (non-hydrogen) atoms. The van der Waals surface area contributed by atoms with Crippen LogP contribution in [0.1, 0.15) is 85.3 Å². The molecule has 9 atom stereocenters. The highest BCUT2D eigenvalue weighted by molar-refractivity contribution is 5.90. The van der Waals surface area contributed by atoms with E-state index >= 15 is 0 Å². The number of ether oxygens (including phenoxy) is 2. The van der Waals surface area contributed by atoms with Crippen molar-refractivity contribution in [1.82, 2.24) is 25.3 Å². The number of hydrogen-bond donors (Lipinski definition) is 3. The summed E-state index contributed by atoms with van der Waals surface area (Å²) in [5, 5.41) is 15.8. The number of amides is 4. The van der Waals surface area contributed by atoms with Crippen LogP contribution in [0.2, 0.25) is 0 Å². The number of hydrogen-bond acceptors (Lipinski definition) is 9. The molecule has 352 valence electrons. The molecule has 0 aliphatic carbocycles. The minimum atomic E-state index is -1.14. The molecule has 2 aromatic carbocycles. The van der Waals surface area contributed by atoms with Gasteiger partial charge >= 0.3 is 5.97 Å². The van der Waals surface area contributed by atoms with Crippen LogP contribution in [0.5, 0.6) is 0 Å². The second-order valence-corrected chi connectivity index (χ2v) is 18.4. The van der Waals surface area contributed by atoms with Crippen LogP contribution in [-0.2, 0) is 46.3 Å². The van der Waals surface area contributed by atoms with Gasteiger partial charge in [0, 0.05) is 60.6 Å². The summed E-state index contributed by atoms with van der Waals surface area (Å²) in [7, 11) is 10.8. The van der Waals surface area contributed by atoms with Gasteiger partial charge in [0.25, 0.3) is 0 Å². The van der Waals surface area contributed by atoms with Crippen LogP contribution in [0.15, 0.2) is 54.6 Å². The minimum absolute atomic E-state index is 0.0192. The first-order chi connectivity index (χ1) is 29.8. The number of nitrogens with zero attached hydrogens (tertiary/aromatic N) is 4. The quantitative estimate of drug-likeness (QED) is 0.122. The Bertz CT molecular complexity index is 1760. The summed E-state index contributed by atoms with van der Waals surface area (Å²) < 4.78 is 12.0. The summed E-state index contributed by atoms with van der Waals surface area (Å²) in [6.07, 6.45) is 1.51. The number of carbonyl (C=O) groups is 5. The molecule has 14 heteroatoms. The fourth-order valence-electron chi connectivity index (χ4n) is 9.05. The number of likely N-dealkylation sites (tertiary alicyclic amines) is 1. The van der Waals surface area contributed by atoms with Gasteiger partial charge in [-0.2, -0.15) is 0 Å². The van der Waals surface area contributed by atoms with E-state index in [1.165, 1.54) is 12.7 Å². The summed E-state index contributed by atoms with van der Waals surface area (Å²) in [4.78, 5) is 76.3. The molecule has 2 aromatic rings. The average Bonchev–Trinajstić information content (AvgIpc) is 3.74. The average molecular weight is 879 g/mol.